The molecule has 0 aliphatic carbocycles. The number of nitrogens with two attached hydrogens (primary N) is 1. The SMILES string of the molecule is CC(C)[C@H](NC(=O)NC1CCOC1(C)C)C(N)=O. The first-order chi connectivity index (χ1) is 8.24. The molecule has 6 heteroatoms. The molecule has 2 atom stereocenters. The van der Waals surface area contributed by atoms with Crippen LogP contribution < -0.4 is 16.4 Å². The van der Waals surface area contributed by atoms with Gasteiger partial charge in [-0.05, 0) is 26.2 Å². The fourth-order valence-electron chi connectivity index (χ4n) is 2.04. The van der Waals surface area contributed by atoms with Crippen LogP contribution in [-0.4, -0.2) is 36.2 Å². The summed E-state index contributed by atoms with van der Waals surface area (Å²) in [5, 5.41) is 5.43. The quantitative estimate of drug-likeness (QED) is 0.679. The third kappa shape index (κ3) is 3.60. The molecule has 104 valence electrons. The molecule has 1 heterocycles. The molecule has 0 radical (unpaired) electrons. The molecular weight excluding hydrogens is 234 g/mol. The second kappa shape index (κ2) is 5.56. The average molecular weight is 257 g/mol. The standard InChI is InChI=1S/C12H23N3O3/c1-7(2)9(10(13)16)15-11(17)14-8-5-6-18-12(8,3)4/h7-9H,5-6H2,1-4H3,(H2,13,16)(H2,14,15,17)/t8?,9-/m0/s1. The number of hydrogen-bond donors (Lipinski definition) is 3. The summed E-state index contributed by atoms with van der Waals surface area (Å²) in [5.74, 6) is -0.567. The highest BCUT2D eigenvalue weighted by Gasteiger charge is 2.37. The van der Waals surface area contributed by atoms with Crippen molar-refractivity contribution in [2.24, 2.45) is 11.7 Å². The Kier molecular flexibility index (Phi) is 4.56. The Hall–Kier alpha value is -1.30. The van der Waals surface area contributed by atoms with Crippen LogP contribution in [0.2, 0.25) is 0 Å². The van der Waals surface area contributed by atoms with Gasteiger partial charge in [-0.15, -0.1) is 0 Å². The Morgan fingerprint density at radius 3 is 2.39 bits per heavy atom. The van der Waals surface area contributed by atoms with Crippen molar-refractivity contribution in [1.82, 2.24) is 10.6 Å². The maximum atomic E-state index is 11.8. The van der Waals surface area contributed by atoms with E-state index in [1.54, 1.807) is 0 Å². The Balaban J connectivity index is 2.53. The number of nitrogens with one attached hydrogen (secondary N) is 2. The molecule has 1 unspecified atom stereocenters. The predicted molar refractivity (Wildman–Crippen MR) is 67.9 cm³/mol. The lowest BCUT2D eigenvalue weighted by Gasteiger charge is -2.28. The monoisotopic (exact) mass is 257 g/mol. The summed E-state index contributed by atoms with van der Waals surface area (Å²) < 4.78 is 5.52. The summed E-state index contributed by atoms with van der Waals surface area (Å²) in [6.45, 7) is 8.15. The number of hydrogen-bond acceptors (Lipinski definition) is 3. The molecule has 0 aromatic rings. The van der Waals surface area contributed by atoms with Gasteiger partial charge in [-0.2, -0.15) is 0 Å². The molecule has 18 heavy (non-hydrogen) atoms. The second-order valence-corrected chi connectivity index (χ2v) is 5.54. The smallest absolute Gasteiger partial charge is 0.315 e. The van der Waals surface area contributed by atoms with Crippen LogP contribution in [0.25, 0.3) is 0 Å². The third-order valence-electron chi connectivity index (χ3n) is 3.28. The molecule has 1 saturated heterocycles. The molecule has 1 rings (SSSR count). The maximum absolute atomic E-state index is 11.8. The van der Waals surface area contributed by atoms with E-state index in [1.165, 1.54) is 0 Å². The van der Waals surface area contributed by atoms with Gasteiger partial charge in [-0.3, -0.25) is 4.79 Å². The van der Waals surface area contributed by atoms with E-state index in [0.29, 0.717) is 6.61 Å². The highest BCUT2D eigenvalue weighted by atomic mass is 16.5. The van der Waals surface area contributed by atoms with Gasteiger partial charge in [0.1, 0.15) is 6.04 Å². The van der Waals surface area contributed by atoms with Crippen molar-refractivity contribution in [3.05, 3.63) is 0 Å². The van der Waals surface area contributed by atoms with Crippen LogP contribution in [0.1, 0.15) is 34.1 Å². The molecule has 0 spiro atoms. The molecule has 0 aromatic carbocycles. The maximum Gasteiger partial charge on any atom is 0.315 e. The number of amides is 3. The van der Waals surface area contributed by atoms with Crippen LogP contribution in [0.5, 0.6) is 0 Å². The molecule has 0 saturated carbocycles. The van der Waals surface area contributed by atoms with E-state index in [4.69, 9.17) is 10.5 Å². The molecular formula is C12H23N3O3. The zero-order valence-electron chi connectivity index (χ0n) is 11.4. The Labute approximate surface area is 108 Å². The van der Waals surface area contributed by atoms with Crippen LogP contribution in [0, 0.1) is 5.92 Å². The average Bonchev–Trinajstić information content (AvgIpc) is 2.54. The molecule has 1 aliphatic heterocycles. The normalized spacial score (nSPS) is 23.7. The van der Waals surface area contributed by atoms with E-state index in [9.17, 15) is 9.59 Å². The van der Waals surface area contributed by atoms with E-state index in [0.717, 1.165) is 6.42 Å². The number of urea groups is 1. The molecule has 0 bridgehead atoms. The summed E-state index contributed by atoms with van der Waals surface area (Å²) >= 11 is 0. The summed E-state index contributed by atoms with van der Waals surface area (Å²) in [6.07, 6.45) is 0.767. The van der Waals surface area contributed by atoms with E-state index in [-0.39, 0.29) is 23.6 Å². The minimum absolute atomic E-state index is 0.0407. The van der Waals surface area contributed by atoms with Crippen LogP contribution in [0.3, 0.4) is 0 Å². The van der Waals surface area contributed by atoms with Gasteiger partial charge >= 0.3 is 6.03 Å². The number of carbonyl (C=O) groups excluding carboxylic acids is 2. The van der Waals surface area contributed by atoms with Gasteiger partial charge in [0.15, 0.2) is 0 Å². The van der Waals surface area contributed by atoms with Crippen molar-refractivity contribution in [2.45, 2.75) is 51.8 Å². The first-order valence-electron chi connectivity index (χ1n) is 6.24. The predicted octanol–water partition coefficient (Wildman–Crippen LogP) is 0.363. The van der Waals surface area contributed by atoms with Gasteiger partial charge in [0.25, 0.3) is 0 Å². The van der Waals surface area contributed by atoms with Crippen molar-refractivity contribution in [3.8, 4) is 0 Å². The van der Waals surface area contributed by atoms with E-state index >= 15 is 0 Å². The van der Waals surface area contributed by atoms with Gasteiger partial charge in [-0.25, -0.2) is 4.79 Å². The first kappa shape index (κ1) is 14.8. The molecule has 1 fully saturated rings. The lowest BCUT2D eigenvalue weighted by molar-refractivity contribution is -0.120. The van der Waals surface area contributed by atoms with Crippen LogP contribution in [0.4, 0.5) is 4.79 Å². The molecule has 1 aliphatic rings. The Bertz CT molecular complexity index is 329. The van der Waals surface area contributed by atoms with Crippen molar-refractivity contribution in [2.75, 3.05) is 6.61 Å². The fraction of sp³-hybridized carbons (Fsp3) is 0.833. The number of carbonyl (C=O) groups is 2. The van der Waals surface area contributed by atoms with Crippen molar-refractivity contribution in [1.29, 1.82) is 0 Å². The lowest BCUT2D eigenvalue weighted by atomic mass is 9.99. The molecule has 3 amide bonds. The second-order valence-electron chi connectivity index (χ2n) is 5.54. The minimum atomic E-state index is -0.657. The molecule has 4 N–H and O–H groups in total. The first-order valence-corrected chi connectivity index (χ1v) is 6.24. The van der Waals surface area contributed by atoms with Gasteiger partial charge in [0.2, 0.25) is 5.91 Å². The highest BCUT2D eigenvalue weighted by molar-refractivity contribution is 5.86. The summed E-state index contributed by atoms with van der Waals surface area (Å²) in [6, 6.07) is -1.09. The highest BCUT2D eigenvalue weighted by Crippen LogP contribution is 2.24. The number of rotatable bonds is 4. The summed E-state index contributed by atoms with van der Waals surface area (Å²) in [4.78, 5) is 23.0. The molecule has 6 nitrogen and oxygen atoms in total. The fourth-order valence-corrected chi connectivity index (χ4v) is 2.04. The van der Waals surface area contributed by atoms with E-state index < -0.39 is 11.9 Å². The minimum Gasteiger partial charge on any atom is -0.373 e. The number of ether oxygens (including phenoxy) is 1. The third-order valence-corrected chi connectivity index (χ3v) is 3.28. The van der Waals surface area contributed by atoms with Crippen molar-refractivity contribution < 1.29 is 14.3 Å². The topological polar surface area (TPSA) is 93.4 Å². The molecule has 0 aromatic heterocycles. The summed E-state index contributed by atoms with van der Waals surface area (Å²) in [7, 11) is 0. The van der Waals surface area contributed by atoms with Crippen LogP contribution in [-0.2, 0) is 9.53 Å². The largest absolute Gasteiger partial charge is 0.373 e. The van der Waals surface area contributed by atoms with Crippen LogP contribution >= 0.6 is 0 Å². The van der Waals surface area contributed by atoms with Gasteiger partial charge in [0, 0.05) is 6.61 Å². The van der Waals surface area contributed by atoms with Crippen molar-refractivity contribution >= 4 is 11.9 Å². The zero-order valence-corrected chi connectivity index (χ0v) is 11.4. The summed E-state index contributed by atoms with van der Waals surface area (Å²) in [5.41, 5.74) is 4.86. The van der Waals surface area contributed by atoms with Gasteiger partial charge < -0.3 is 21.1 Å². The Morgan fingerprint density at radius 2 is 2.00 bits per heavy atom. The lowest BCUT2D eigenvalue weighted by Crippen LogP contribution is -2.55. The van der Waals surface area contributed by atoms with Gasteiger partial charge in [0.05, 0.1) is 11.6 Å². The van der Waals surface area contributed by atoms with E-state index in [1.807, 2.05) is 27.7 Å². The van der Waals surface area contributed by atoms with E-state index in [2.05, 4.69) is 10.6 Å². The number of primary amides is 1. The zero-order chi connectivity index (χ0) is 13.9. The van der Waals surface area contributed by atoms with Crippen LogP contribution in [0.15, 0.2) is 0 Å². The van der Waals surface area contributed by atoms with Crippen molar-refractivity contribution in [3.63, 3.8) is 0 Å². The Morgan fingerprint density at radius 1 is 1.39 bits per heavy atom. The van der Waals surface area contributed by atoms with Gasteiger partial charge in [-0.1, -0.05) is 13.8 Å².